The van der Waals surface area contributed by atoms with Crippen molar-refractivity contribution in [3.8, 4) is 73.2 Å². The largest absolute Gasteiger partial charge is 0.417 e. The molecule has 0 spiro atoms. The van der Waals surface area contributed by atoms with Crippen LogP contribution in [0, 0.1) is 6.92 Å². The standard InChI is InChI=1S/C55H33F9N4/c1-32-26-36(28-38(27-32)53(56,57)58)35-24-25-48-42(29-35)41-20-10-13-23-47(41)68(48)49-43(39-18-8-11-21-45(39)54(59,60)61)30-37(31-44(49)40-19-9-12-22-46(40)55(62,63)64)52-66-50(33-14-4-2-5-15-33)65-51(67-52)34-16-6-3-7-17-34/h2-31H,1H3. The molecule has 0 saturated carbocycles. The second-order valence-electron chi connectivity index (χ2n) is 16.2. The van der Waals surface area contributed by atoms with E-state index in [0.717, 1.165) is 24.3 Å². The lowest BCUT2D eigenvalue weighted by molar-refractivity contribution is -0.138. The summed E-state index contributed by atoms with van der Waals surface area (Å²) in [6.45, 7) is 1.55. The first kappa shape index (κ1) is 43.8. The summed E-state index contributed by atoms with van der Waals surface area (Å²) in [7, 11) is 0. The smallest absolute Gasteiger partial charge is 0.308 e. The van der Waals surface area contributed by atoms with E-state index in [2.05, 4.69) is 0 Å². The maximum Gasteiger partial charge on any atom is 0.417 e. The van der Waals surface area contributed by atoms with Crippen LogP contribution in [0.4, 0.5) is 39.5 Å². The number of para-hydroxylation sites is 1. The molecule has 2 aromatic heterocycles. The second-order valence-corrected chi connectivity index (χ2v) is 16.2. The van der Waals surface area contributed by atoms with Gasteiger partial charge in [0.15, 0.2) is 17.5 Å². The van der Waals surface area contributed by atoms with Crippen LogP contribution in [0.15, 0.2) is 182 Å². The Morgan fingerprint density at radius 1 is 0.353 bits per heavy atom. The van der Waals surface area contributed by atoms with Crippen LogP contribution >= 0.6 is 0 Å². The lowest BCUT2D eigenvalue weighted by atomic mass is 9.88. The maximum atomic E-state index is 15.3. The van der Waals surface area contributed by atoms with Gasteiger partial charge in [-0.15, -0.1) is 0 Å². The van der Waals surface area contributed by atoms with E-state index in [1.807, 2.05) is 0 Å². The van der Waals surface area contributed by atoms with Crippen molar-refractivity contribution in [1.82, 2.24) is 19.5 Å². The minimum Gasteiger partial charge on any atom is -0.308 e. The number of aryl methyl sites for hydroxylation is 1. The SMILES string of the molecule is Cc1cc(-c2ccc3c(c2)c2ccccc2n3-c2c(-c3ccccc3C(F)(F)F)cc(-c3nc(-c4ccccc4)nc(-c4ccccc4)n3)cc2-c2ccccc2C(F)(F)F)cc(C(F)(F)F)c1. The highest BCUT2D eigenvalue weighted by Gasteiger charge is 2.38. The van der Waals surface area contributed by atoms with Crippen LogP contribution in [0.2, 0.25) is 0 Å². The fourth-order valence-electron chi connectivity index (χ4n) is 8.79. The van der Waals surface area contributed by atoms with Crippen LogP contribution < -0.4 is 0 Å². The van der Waals surface area contributed by atoms with E-state index in [1.54, 1.807) is 121 Å². The van der Waals surface area contributed by atoms with Gasteiger partial charge in [0.25, 0.3) is 0 Å². The third-order valence-electron chi connectivity index (χ3n) is 11.7. The number of aromatic nitrogens is 4. The molecule has 68 heavy (non-hydrogen) atoms. The molecule has 0 bridgehead atoms. The van der Waals surface area contributed by atoms with Crippen LogP contribution in [0.5, 0.6) is 0 Å². The minimum absolute atomic E-state index is 0.0241. The van der Waals surface area contributed by atoms with Gasteiger partial charge in [0.1, 0.15) is 0 Å². The topological polar surface area (TPSA) is 43.6 Å². The van der Waals surface area contributed by atoms with Crippen LogP contribution in [0.3, 0.4) is 0 Å². The average molecular weight is 921 g/mol. The highest BCUT2D eigenvalue weighted by molar-refractivity contribution is 6.12. The summed E-state index contributed by atoms with van der Waals surface area (Å²) in [5.74, 6) is 0.397. The van der Waals surface area contributed by atoms with Gasteiger partial charge < -0.3 is 4.57 Å². The summed E-state index contributed by atoms with van der Waals surface area (Å²) in [6, 6.07) is 45.9. The van der Waals surface area contributed by atoms with E-state index >= 15 is 26.3 Å². The summed E-state index contributed by atoms with van der Waals surface area (Å²) < 4.78 is 136. The lowest BCUT2D eigenvalue weighted by Crippen LogP contribution is -2.11. The molecule has 336 valence electrons. The van der Waals surface area contributed by atoms with Crippen molar-refractivity contribution in [2.24, 2.45) is 0 Å². The molecule has 0 atom stereocenters. The van der Waals surface area contributed by atoms with Gasteiger partial charge in [-0.3, -0.25) is 0 Å². The number of nitrogens with zero attached hydrogens (tertiary/aromatic N) is 4. The van der Waals surface area contributed by atoms with E-state index in [-0.39, 0.29) is 56.5 Å². The van der Waals surface area contributed by atoms with Crippen molar-refractivity contribution in [3.05, 3.63) is 204 Å². The van der Waals surface area contributed by atoms with Gasteiger partial charge in [0.05, 0.1) is 33.4 Å². The summed E-state index contributed by atoms with van der Waals surface area (Å²) in [5.41, 5.74) is -0.817. The number of hydrogen-bond donors (Lipinski definition) is 0. The Balaban J connectivity index is 1.36. The van der Waals surface area contributed by atoms with Crippen molar-refractivity contribution in [2.45, 2.75) is 25.5 Å². The van der Waals surface area contributed by atoms with Gasteiger partial charge >= 0.3 is 18.5 Å². The molecule has 0 amide bonds. The molecule has 0 unspecified atom stereocenters. The van der Waals surface area contributed by atoms with Gasteiger partial charge in [0, 0.05) is 38.6 Å². The molecule has 4 nitrogen and oxygen atoms in total. The first-order chi connectivity index (χ1) is 32.5. The molecular formula is C55H33F9N4. The van der Waals surface area contributed by atoms with Crippen molar-refractivity contribution in [1.29, 1.82) is 0 Å². The molecule has 8 aromatic carbocycles. The van der Waals surface area contributed by atoms with Crippen LogP contribution in [-0.4, -0.2) is 19.5 Å². The van der Waals surface area contributed by atoms with E-state index in [1.165, 1.54) is 48.5 Å². The Morgan fingerprint density at radius 3 is 1.35 bits per heavy atom. The Hall–Kier alpha value is -8.06. The van der Waals surface area contributed by atoms with Gasteiger partial charge in [-0.1, -0.05) is 127 Å². The normalized spacial score (nSPS) is 12.3. The Kier molecular flexibility index (Phi) is 10.7. The summed E-state index contributed by atoms with van der Waals surface area (Å²) in [6.07, 6.45) is -14.5. The number of rotatable bonds is 7. The molecule has 10 aromatic rings. The van der Waals surface area contributed by atoms with Crippen molar-refractivity contribution < 1.29 is 39.5 Å². The third kappa shape index (κ3) is 8.14. The summed E-state index contributed by atoms with van der Waals surface area (Å²) >= 11 is 0. The van der Waals surface area contributed by atoms with E-state index in [9.17, 15) is 13.2 Å². The molecule has 0 fully saturated rings. The summed E-state index contributed by atoms with van der Waals surface area (Å²) in [5, 5.41) is 1.03. The van der Waals surface area contributed by atoms with Gasteiger partial charge in [-0.25, -0.2) is 15.0 Å². The van der Waals surface area contributed by atoms with Crippen LogP contribution in [0.25, 0.3) is 95.0 Å². The van der Waals surface area contributed by atoms with Crippen LogP contribution in [0.1, 0.15) is 22.3 Å². The molecule has 0 aliphatic heterocycles. The zero-order valence-electron chi connectivity index (χ0n) is 35.5. The Labute approximate surface area is 382 Å². The Morgan fingerprint density at radius 2 is 0.824 bits per heavy atom. The molecule has 0 aliphatic rings. The predicted molar refractivity (Wildman–Crippen MR) is 247 cm³/mol. The Bertz CT molecular complexity index is 3400. The van der Waals surface area contributed by atoms with Gasteiger partial charge in [-0.2, -0.15) is 39.5 Å². The number of benzene rings is 8. The van der Waals surface area contributed by atoms with Crippen LogP contribution in [-0.2, 0) is 18.5 Å². The van der Waals surface area contributed by atoms with Crippen molar-refractivity contribution >= 4 is 21.8 Å². The van der Waals surface area contributed by atoms with Crippen molar-refractivity contribution in [2.75, 3.05) is 0 Å². The number of alkyl halides is 9. The zero-order chi connectivity index (χ0) is 47.5. The number of halogens is 9. The predicted octanol–water partition coefficient (Wildman–Crippen LogP) is 16.3. The first-order valence-electron chi connectivity index (χ1n) is 21.1. The molecule has 0 saturated heterocycles. The van der Waals surface area contributed by atoms with Crippen molar-refractivity contribution in [3.63, 3.8) is 0 Å². The molecule has 2 heterocycles. The number of hydrogen-bond acceptors (Lipinski definition) is 3. The zero-order valence-corrected chi connectivity index (χ0v) is 35.5. The molecule has 0 aliphatic carbocycles. The highest BCUT2D eigenvalue weighted by atomic mass is 19.4. The monoisotopic (exact) mass is 920 g/mol. The first-order valence-corrected chi connectivity index (χ1v) is 21.1. The quantitative estimate of drug-likeness (QED) is 0.150. The third-order valence-corrected chi connectivity index (χ3v) is 11.7. The molecule has 13 heteroatoms. The molecule has 0 N–H and O–H groups in total. The summed E-state index contributed by atoms with van der Waals surface area (Å²) in [4.78, 5) is 14.4. The highest BCUT2D eigenvalue weighted by Crippen LogP contribution is 2.49. The molecule has 10 rings (SSSR count). The average Bonchev–Trinajstić information content (AvgIpc) is 3.66. The van der Waals surface area contributed by atoms with E-state index in [4.69, 9.17) is 15.0 Å². The second kappa shape index (κ2) is 16.7. The lowest BCUT2D eigenvalue weighted by Gasteiger charge is -2.24. The minimum atomic E-state index is -4.93. The maximum absolute atomic E-state index is 15.3. The molecular weight excluding hydrogens is 888 g/mol. The van der Waals surface area contributed by atoms with E-state index in [0.29, 0.717) is 44.1 Å². The van der Waals surface area contributed by atoms with Gasteiger partial charge in [-0.05, 0) is 89.3 Å². The molecule has 0 radical (unpaired) electrons. The van der Waals surface area contributed by atoms with Gasteiger partial charge in [0.2, 0.25) is 0 Å². The fraction of sp³-hybridized carbons (Fsp3) is 0.0727. The van der Waals surface area contributed by atoms with E-state index < -0.39 is 35.2 Å². The number of fused-ring (bicyclic) bond motifs is 3. The fourth-order valence-corrected chi connectivity index (χ4v) is 8.79.